The van der Waals surface area contributed by atoms with Crippen LogP contribution in [0.25, 0.3) is 0 Å². The average Bonchev–Trinajstić information content (AvgIpc) is 2.30. The van der Waals surface area contributed by atoms with Gasteiger partial charge in [0.1, 0.15) is 11.9 Å². The fourth-order valence-corrected chi connectivity index (χ4v) is 2.07. The minimum absolute atomic E-state index is 0.130. The van der Waals surface area contributed by atoms with E-state index in [1.54, 1.807) is 0 Å². The molecule has 2 atom stereocenters. The SMILES string of the molecule is CC1OC(F)(F)CNC1C(O)(O)Nc1ccc(Cl)cn1. The third kappa shape index (κ3) is 3.53. The summed E-state index contributed by atoms with van der Waals surface area (Å²) in [6, 6.07) is 1.75. The third-order valence-electron chi connectivity index (χ3n) is 2.83. The lowest BCUT2D eigenvalue weighted by molar-refractivity contribution is -0.305. The molecule has 20 heavy (non-hydrogen) atoms. The van der Waals surface area contributed by atoms with Crippen molar-refractivity contribution in [2.45, 2.75) is 31.1 Å². The fraction of sp³-hybridized carbons (Fsp3) is 0.545. The predicted molar refractivity (Wildman–Crippen MR) is 67.3 cm³/mol. The summed E-state index contributed by atoms with van der Waals surface area (Å²) in [4.78, 5) is 3.83. The molecule has 0 aromatic carbocycles. The second-order valence-corrected chi connectivity index (χ2v) is 4.97. The molecule has 2 unspecified atom stereocenters. The predicted octanol–water partition coefficient (Wildman–Crippen LogP) is 0.755. The molecule has 0 aliphatic carbocycles. The number of aliphatic hydroxyl groups is 2. The molecule has 9 heteroatoms. The van der Waals surface area contributed by atoms with Crippen molar-refractivity contribution < 1.29 is 23.7 Å². The quantitative estimate of drug-likeness (QED) is 0.617. The highest BCUT2D eigenvalue weighted by Gasteiger charge is 2.48. The van der Waals surface area contributed by atoms with Gasteiger partial charge in [-0.25, -0.2) is 4.98 Å². The van der Waals surface area contributed by atoms with E-state index >= 15 is 0 Å². The molecule has 2 rings (SSSR count). The standard InChI is InChI=1S/C11H14ClF2N3O3/c1-6-9(16-5-10(13,14)20-6)11(18,19)17-8-3-2-7(12)4-15-8/h2-4,6,9,16,18-19H,5H2,1H3,(H,15,17). The lowest BCUT2D eigenvalue weighted by atomic mass is 10.1. The summed E-state index contributed by atoms with van der Waals surface area (Å²) in [5, 5.41) is 25.0. The van der Waals surface area contributed by atoms with Crippen LogP contribution in [0, 0.1) is 0 Å². The summed E-state index contributed by atoms with van der Waals surface area (Å²) in [5.41, 5.74) is 0. The molecule has 1 aromatic heterocycles. The molecule has 0 spiro atoms. The molecule has 2 heterocycles. The van der Waals surface area contributed by atoms with Gasteiger partial charge in [-0.3, -0.25) is 5.32 Å². The van der Waals surface area contributed by atoms with Crippen molar-refractivity contribution in [3.8, 4) is 0 Å². The molecule has 1 aliphatic heterocycles. The molecule has 1 saturated heterocycles. The number of pyridine rings is 1. The minimum atomic E-state index is -3.34. The van der Waals surface area contributed by atoms with Crippen LogP contribution >= 0.6 is 11.6 Å². The first-order valence-corrected chi connectivity index (χ1v) is 6.21. The van der Waals surface area contributed by atoms with Crippen molar-refractivity contribution in [3.63, 3.8) is 0 Å². The first-order chi connectivity index (χ1) is 9.20. The van der Waals surface area contributed by atoms with Crippen LogP contribution in [0.2, 0.25) is 5.02 Å². The van der Waals surface area contributed by atoms with Crippen molar-refractivity contribution in [2.75, 3.05) is 11.9 Å². The van der Waals surface area contributed by atoms with Gasteiger partial charge in [-0.1, -0.05) is 11.6 Å². The van der Waals surface area contributed by atoms with E-state index in [9.17, 15) is 19.0 Å². The zero-order valence-electron chi connectivity index (χ0n) is 10.5. The number of hydrogen-bond acceptors (Lipinski definition) is 6. The summed E-state index contributed by atoms with van der Waals surface area (Å²) in [6.07, 6.45) is -3.17. The number of hydrogen-bond donors (Lipinski definition) is 4. The Morgan fingerprint density at radius 3 is 2.80 bits per heavy atom. The van der Waals surface area contributed by atoms with E-state index in [2.05, 4.69) is 20.4 Å². The summed E-state index contributed by atoms with van der Waals surface area (Å²) < 4.78 is 30.4. The van der Waals surface area contributed by atoms with Crippen LogP contribution in [-0.4, -0.2) is 45.9 Å². The number of ether oxygens (including phenoxy) is 1. The van der Waals surface area contributed by atoms with Crippen molar-refractivity contribution in [1.82, 2.24) is 10.3 Å². The van der Waals surface area contributed by atoms with E-state index in [-0.39, 0.29) is 5.82 Å². The Balaban J connectivity index is 2.08. The molecule has 0 bridgehead atoms. The third-order valence-corrected chi connectivity index (χ3v) is 3.05. The van der Waals surface area contributed by atoms with Crippen LogP contribution in [0.5, 0.6) is 0 Å². The van der Waals surface area contributed by atoms with Gasteiger partial charge in [0, 0.05) is 6.20 Å². The highest BCUT2D eigenvalue weighted by Crippen LogP contribution is 2.27. The lowest BCUT2D eigenvalue weighted by Crippen LogP contribution is -2.67. The zero-order valence-corrected chi connectivity index (χ0v) is 11.2. The van der Waals surface area contributed by atoms with Gasteiger partial charge in [0.15, 0.2) is 0 Å². The van der Waals surface area contributed by atoms with E-state index in [0.717, 1.165) is 0 Å². The summed E-state index contributed by atoms with van der Waals surface area (Å²) in [7, 11) is 0. The first-order valence-electron chi connectivity index (χ1n) is 5.83. The van der Waals surface area contributed by atoms with Crippen LogP contribution in [0.15, 0.2) is 18.3 Å². The van der Waals surface area contributed by atoms with Crippen LogP contribution in [0.4, 0.5) is 14.6 Å². The Hall–Kier alpha value is -1.06. The van der Waals surface area contributed by atoms with E-state index in [1.807, 2.05) is 0 Å². The average molecular weight is 310 g/mol. The van der Waals surface area contributed by atoms with Crippen molar-refractivity contribution in [1.29, 1.82) is 0 Å². The van der Waals surface area contributed by atoms with Crippen LogP contribution in [0.3, 0.4) is 0 Å². The van der Waals surface area contributed by atoms with Crippen LogP contribution in [-0.2, 0) is 4.74 Å². The first kappa shape index (κ1) is 15.3. The molecule has 1 aromatic rings. The van der Waals surface area contributed by atoms with E-state index in [0.29, 0.717) is 5.02 Å². The topological polar surface area (TPSA) is 86.6 Å². The highest BCUT2D eigenvalue weighted by molar-refractivity contribution is 6.30. The van der Waals surface area contributed by atoms with Crippen molar-refractivity contribution in [2.24, 2.45) is 0 Å². The monoisotopic (exact) mass is 309 g/mol. The maximum absolute atomic E-state index is 13.0. The second kappa shape index (κ2) is 5.38. The van der Waals surface area contributed by atoms with Gasteiger partial charge >= 0.3 is 6.11 Å². The Morgan fingerprint density at radius 1 is 1.55 bits per heavy atom. The molecule has 112 valence electrons. The molecule has 1 fully saturated rings. The van der Waals surface area contributed by atoms with E-state index < -0.39 is 30.7 Å². The van der Waals surface area contributed by atoms with Crippen molar-refractivity contribution in [3.05, 3.63) is 23.4 Å². The van der Waals surface area contributed by atoms with E-state index in [1.165, 1.54) is 25.3 Å². The normalized spacial score (nSPS) is 26.3. The Labute approximate surface area is 118 Å². The summed E-state index contributed by atoms with van der Waals surface area (Å²) in [5.74, 6) is -2.39. The molecule has 4 N–H and O–H groups in total. The fourth-order valence-electron chi connectivity index (χ4n) is 1.96. The van der Waals surface area contributed by atoms with Gasteiger partial charge in [-0.05, 0) is 19.1 Å². The molecule has 0 saturated carbocycles. The molecule has 0 radical (unpaired) electrons. The number of nitrogens with zero attached hydrogens (tertiary/aromatic N) is 1. The number of aromatic nitrogens is 1. The van der Waals surface area contributed by atoms with Gasteiger partial charge in [-0.15, -0.1) is 0 Å². The number of anilines is 1. The zero-order chi connectivity index (χ0) is 15.0. The Morgan fingerprint density at radius 2 is 2.25 bits per heavy atom. The van der Waals surface area contributed by atoms with E-state index in [4.69, 9.17) is 11.6 Å². The lowest BCUT2D eigenvalue weighted by Gasteiger charge is -2.41. The van der Waals surface area contributed by atoms with Gasteiger partial charge in [0.05, 0.1) is 17.7 Å². The van der Waals surface area contributed by atoms with Gasteiger partial charge < -0.3 is 20.3 Å². The van der Waals surface area contributed by atoms with Crippen molar-refractivity contribution >= 4 is 17.4 Å². The largest absolute Gasteiger partial charge is 0.368 e. The number of rotatable bonds is 3. The smallest absolute Gasteiger partial charge is 0.348 e. The molecular weight excluding hydrogens is 296 g/mol. The number of alkyl halides is 2. The Kier molecular flexibility index (Phi) is 4.12. The molecule has 1 aliphatic rings. The number of nitrogens with one attached hydrogen (secondary N) is 2. The Bertz CT molecular complexity index is 472. The maximum atomic E-state index is 13.0. The molecular formula is C11H14ClF2N3O3. The van der Waals surface area contributed by atoms with Gasteiger partial charge in [0.25, 0.3) is 5.91 Å². The summed E-state index contributed by atoms with van der Waals surface area (Å²) >= 11 is 5.66. The molecule has 6 nitrogen and oxygen atoms in total. The second-order valence-electron chi connectivity index (χ2n) is 4.53. The summed E-state index contributed by atoms with van der Waals surface area (Å²) in [6.45, 7) is 0.490. The van der Waals surface area contributed by atoms with Gasteiger partial charge in [0.2, 0.25) is 0 Å². The minimum Gasteiger partial charge on any atom is -0.348 e. The molecule has 0 amide bonds. The van der Waals surface area contributed by atoms with Crippen LogP contribution < -0.4 is 10.6 Å². The van der Waals surface area contributed by atoms with Gasteiger partial charge in [-0.2, -0.15) is 8.78 Å². The maximum Gasteiger partial charge on any atom is 0.368 e. The van der Waals surface area contributed by atoms with Crippen LogP contribution in [0.1, 0.15) is 6.92 Å². The number of morpholine rings is 1. The highest BCUT2D eigenvalue weighted by atomic mass is 35.5. The number of halogens is 3.